The van der Waals surface area contributed by atoms with E-state index in [0.717, 1.165) is 31.3 Å². The average Bonchev–Trinajstić information content (AvgIpc) is 3.00. The summed E-state index contributed by atoms with van der Waals surface area (Å²) in [4.78, 5) is 11.8. The van der Waals surface area contributed by atoms with Gasteiger partial charge in [-0.15, -0.1) is 0 Å². The fraction of sp³-hybridized carbons (Fsp3) is 0.933. The highest BCUT2D eigenvalue weighted by atomic mass is 16.6. The summed E-state index contributed by atoms with van der Waals surface area (Å²) in [6, 6.07) is 0. The van der Waals surface area contributed by atoms with Crippen LogP contribution in [0.5, 0.6) is 0 Å². The molecule has 3 rings (SSSR count). The number of carbonyl (C=O) groups excluding carboxylic acids is 1. The number of rotatable bonds is 4. The highest BCUT2D eigenvalue weighted by Crippen LogP contribution is 2.49. The molecule has 2 bridgehead atoms. The van der Waals surface area contributed by atoms with Crippen LogP contribution in [0.3, 0.4) is 0 Å². The van der Waals surface area contributed by atoms with Crippen LogP contribution >= 0.6 is 0 Å². The molecule has 3 heteroatoms. The normalized spacial score (nSPS) is 38.9. The van der Waals surface area contributed by atoms with E-state index in [-0.39, 0.29) is 12.1 Å². The zero-order valence-electron chi connectivity index (χ0n) is 11.1. The zero-order chi connectivity index (χ0) is 12.4. The lowest BCUT2D eigenvalue weighted by Gasteiger charge is -2.23. The number of ether oxygens (including phenoxy) is 2. The van der Waals surface area contributed by atoms with Gasteiger partial charge >= 0.3 is 5.97 Å². The Bertz CT molecular complexity index is 296. The molecule has 0 aromatic heterocycles. The molecule has 18 heavy (non-hydrogen) atoms. The summed E-state index contributed by atoms with van der Waals surface area (Å²) in [5, 5.41) is 0. The molecule has 0 N–H and O–H groups in total. The van der Waals surface area contributed by atoms with Crippen LogP contribution in [0.1, 0.15) is 51.4 Å². The fourth-order valence-electron chi connectivity index (χ4n) is 4.02. The first-order chi connectivity index (χ1) is 8.81. The van der Waals surface area contributed by atoms with Crippen LogP contribution in [-0.2, 0) is 14.3 Å². The van der Waals surface area contributed by atoms with Crippen LogP contribution in [0.2, 0.25) is 0 Å². The van der Waals surface area contributed by atoms with E-state index >= 15 is 0 Å². The summed E-state index contributed by atoms with van der Waals surface area (Å²) in [5.41, 5.74) is 0. The van der Waals surface area contributed by atoms with Gasteiger partial charge in [-0.2, -0.15) is 0 Å². The molecule has 0 amide bonds. The third-order valence-corrected chi connectivity index (χ3v) is 5.02. The van der Waals surface area contributed by atoms with Gasteiger partial charge in [0.15, 0.2) is 0 Å². The predicted octanol–water partition coefficient (Wildman–Crippen LogP) is 2.93. The van der Waals surface area contributed by atoms with Crippen molar-refractivity contribution in [2.75, 3.05) is 13.2 Å². The van der Waals surface area contributed by atoms with E-state index < -0.39 is 0 Å². The van der Waals surface area contributed by atoms with Crippen molar-refractivity contribution in [3.05, 3.63) is 0 Å². The van der Waals surface area contributed by atoms with E-state index in [1.165, 1.54) is 32.1 Å². The molecule has 1 saturated heterocycles. The molecule has 102 valence electrons. The van der Waals surface area contributed by atoms with E-state index in [0.29, 0.717) is 18.9 Å². The van der Waals surface area contributed by atoms with Gasteiger partial charge in [-0.05, 0) is 56.3 Å². The molecule has 3 nitrogen and oxygen atoms in total. The minimum atomic E-state index is 0.00160. The summed E-state index contributed by atoms with van der Waals surface area (Å²) < 4.78 is 11.0. The van der Waals surface area contributed by atoms with Crippen LogP contribution < -0.4 is 0 Å². The first-order valence-electron chi connectivity index (χ1n) is 7.58. The summed E-state index contributed by atoms with van der Waals surface area (Å²) in [6.07, 6.45) is 9.56. The van der Waals surface area contributed by atoms with Crippen LogP contribution in [0.25, 0.3) is 0 Å². The summed E-state index contributed by atoms with van der Waals surface area (Å²) >= 11 is 0. The number of carbonyl (C=O) groups is 1. The monoisotopic (exact) mass is 252 g/mol. The average molecular weight is 252 g/mol. The number of hydrogen-bond donors (Lipinski definition) is 0. The summed E-state index contributed by atoms with van der Waals surface area (Å²) in [6.45, 7) is 1.30. The third kappa shape index (κ3) is 2.87. The summed E-state index contributed by atoms with van der Waals surface area (Å²) in [7, 11) is 0. The molecule has 4 atom stereocenters. The molecular formula is C15H24O3. The molecule has 2 saturated carbocycles. The Kier molecular flexibility index (Phi) is 3.88. The number of hydrogen-bond acceptors (Lipinski definition) is 3. The van der Waals surface area contributed by atoms with Gasteiger partial charge in [0.2, 0.25) is 0 Å². The van der Waals surface area contributed by atoms with Crippen molar-refractivity contribution in [3.8, 4) is 0 Å². The number of fused-ring (bicyclic) bond motifs is 2. The Morgan fingerprint density at radius 2 is 2.11 bits per heavy atom. The van der Waals surface area contributed by atoms with E-state index in [2.05, 4.69) is 0 Å². The van der Waals surface area contributed by atoms with Gasteiger partial charge in [-0.3, -0.25) is 4.79 Å². The van der Waals surface area contributed by atoms with Crippen molar-refractivity contribution in [3.63, 3.8) is 0 Å². The van der Waals surface area contributed by atoms with Gasteiger partial charge in [-0.25, -0.2) is 0 Å². The molecular weight excluding hydrogens is 228 g/mol. The van der Waals surface area contributed by atoms with Gasteiger partial charge in [0.25, 0.3) is 0 Å². The van der Waals surface area contributed by atoms with Gasteiger partial charge in [0.1, 0.15) is 6.61 Å². The smallest absolute Gasteiger partial charge is 0.306 e. The standard InChI is InChI=1S/C15H24O3/c16-15(18-10-14-3-1-2-6-17-14)9-13-8-11-4-5-12(13)7-11/h11-14H,1-10H2. The van der Waals surface area contributed by atoms with Gasteiger partial charge < -0.3 is 9.47 Å². The van der Waals surface area contributed by atoms with Crippen molar-refractivity contribution >= 4 is 5.97 Å². The molecule has 2 aliphatic carbocycles. The van der Waals surface area contributed by atoms with Crippen molar-refractivity contribution < 1.29 is 14.3 Å². The molecule has 0 spiro atoms. The van der Waals surface area contributed by atoms with Crippen LogP contribution in [0.15, 0.2) is 0 Å². The van der Waals surface area contributed by atoms with Crippen LogP contribution in [0, 0.1) is 17.8 Å². The molecule has 3 aliphatic rings. The maximum atomic E-state index is 11.8. The lowest BCUT2D eigenvalue weighted by Crippen LogP contribution is -2.27. The highest BCUT2D eigenvalue weighted by Gasteiger charge is 2.40. The van der Waals surface area contributed by atoms with Crippen LogP contribution in [-0.4, -0.2) is 25.3 Å². The molecule has 0 radical (unpaired) electrons. The highest BCUT2D eigenvalue weighted by molar-refractivity contribution is 5.69. The van der Waals surface area contributed by atoms with Gasteiger partial charge in [-0.1, -0.05) is 6.42 Å². The SMILES string of the molecule is O=C(CC1CC2CCC1C2)OCC1CCCCO1. The lowest BCUT2D eigenvalue weighted by atomic mass is 9.86. The molecule has 1 aliphatic heterocycles. The molecule has 3 fully saturated rings. The second kappa shape index (κ2) is 5.60. The van der Waals surface area contributed by atoms with Crippen molar-refractivity contribution in [2.45, 2.75) is 57.5 Å². The largest absolute Gasteiger partial charge is 0.463 e. The lowest BCUT2D eigenvalue weighted by molar-refractivity contribution is -0.150. The van der Waals surface area contributed by atoms with E-state index in [4.69, 9.17) is 9.47 Å². The Morgan fingerprint density at radius 1 is 1.17 bits per heavy atom. The molecule has 0 aromatic rings. The van der Waals surface area contributed by atoms with E-state index in [1.54, 1.807) is 0 Å². The quantitative estimate of drug-likeness (QED) is 0.722. The van der Waals surface area contributed by atoms with E-state index in [1.807, 2.05) is 0 Å². The Balaban J connectivity index is 1.36. The predicted molar refractivity (Wildman–Crippen MR) is 68.1 cm³/mol. The van der Waals surface area contributed by atoms with Crippen molar-refractivity contribution in [2.24, 2.45) is 17.8 Å². The van der Waals surface area contributed by atoms with Gasteiger partial charge in [0, 0.05) is 13.0 Å². The van der Waals surface area contributed by atoms with Crippen molar-refractivity contribution in [1.29, 1.82) is 0 Å². The second-order valence-electron chi connectivity index (χ2n) is 6.31. The Morgan fingerprint density at radius 3 is 2.78 bits per heavy atom. The Hall–Kier alpha value is -0.570. The minimum absolute atomic E-state index is 0.00160. The van der Waals surface area contributed by atoms with E-state index in [9.17, 15) is 4.79 Å². The first kappa shape index (κ1) is 12.5. The molecule has 0 aromatic carbocycles. The maximum absolute atomic E-state index is 11.8. The third-order valence-electron chi connectivity index (χ3n) is 5.02. The summed E-state index contributed by atoms with van der Waals surface area (Å²) in [5.74, 6) is 2.34. The second-order valence-corrected chi connectivity index (χ2v) is 6.31. The van der Waals surface area contributed by atoms with Gasteiger partial charge in [0.05, 0.1) is 6.10 Å². The topological polar surface area (TPSA) is 35.5 Å². The molecule has 4 unspecified atom stereocenters. The number of esters is 1. The maximum Gasteiger partial charge on any atom is 0.306 e. The zero-order valence-corrected chi connectivity index (χ0v) is 11.1. The fourth-order valence-corrected chi connectivity index (χ4v) is 4.02. The van der Waals surface area contributed by atoms with Crippen LogP contribution in [0.4, 0.5) is 0 Å². The molecule has 1 heterocycles. The minimum Gasteiger partial charge on any atom is -0.463 e. The first-order valence-corrected chi connectivity index (χ1v) is 7.58. The Labute approximate surface area is 109 Å². The van der Waals surface area contributed by atoms with Crippen molar-refractivity contribution in [1.82, 2.24) is 0 Å².